The first-order valence-electron chi connectivity index (χ1n) is 13.9. The van der Waals surface area contributed by atoms with Crippen LogP contribution in [0.25, 0.3) is 4.85 Å². The van der Waals surface area contributed by atoms with Crippen molar-refractivity contribution in [1.29, 1.82) is 0 Å². The average molecular weight is 541 g/mol. The molecule has 1 aromatic heterocycles. The molecule has 3 aromatic rings. The Morgan fingerprint density at radius 3 is 2.25 bits per heavy atom. The third kappa shape index (κ3) is 7.10. The predicted octanol–water partition coefficient (Wildman–Crippen LogP) is 5.94. The number of ketones is 1. The smallest absolute Gasteiger partial charge is 0.272 e. The molecule has 0 atom stereocenters. The summed E-state index contributed by atoms with van der Waals surface area (Å²) in [5.74, 6) is 0.765. The van der Waals surface area contributed by atoms with E-state index >= 15 is 0 Å². The van der Waals surface area contributed by atoms with Crippen LogP contribution in [-0.2, 0) is 6.54 Å². The fraction of sp³-hybridized carbons (Fsp3) is 0.375. The van der Waals surface area contributed by atoms with Gasteiger partial charge in [0.15, 0.2) is 11.5 Å². The summed E-state index contributed by atoms with van der Waals surface area (Å²) >= 11 is 0. The number of pyridine rings is 1. The molecular weight excluding hydrogens is 507 g/mol. The summed E-state index contributed by atoms with van der Waals surface area (Å²) in [6, 6.07) is 17.1. The lowest BCUT2D eigenvalue weighted by Gasteiger charge is -2.32. The fourth-order valence-corrected chi connectivity index (χ4v) is 5.39. The van der Waals surface area contributed by atoms with E-state index in [1.165, 1.54) is 18.3 Å². The minimum absolute atomic E-state index is 0.0191. The summed E-state index contributed by atoms with van der Waals surface area (Å²) < 4.78 is 19.2. The number of ether oxygens (including phenoxy) is 1. The number of Topliss-reactive ketones (excluding diaryl/α,β-unsaturated/α-hetero) is 1. The van der Waals surface area contributed by atoms with E-state index in [0.29, 0.717) is 42.4 Å². The van der Waals surface area contributed by atoms with Crippen molar-refractivity contribution in [3.8, 4) is 5.75 Å². The number of carbonyl (C=O) groups excluding carboxylic acids is 2. The number of hydrogen-bond acceptors (Lipinski definition) is 5. The molecule has 0 bridgehead atoms. The van der Waals surface area contributed by atoms with Crippen molar-refractivity contribution in [3.63, 3.8) is 0 Å². The first-order valence-corrected chi connectivity index (χ1v) is 13.9. The van der Waals surface area contributed by atoms with Gasteiger partial charge < -0.3 is 9.64 Å². The van der Waals surface area contributed by atoms with Gasteiger partial charge >= 0.3 is 0 Å². The maximum Gasteiger partial charge on any atom is 0.272 e. The highest BCUT2D eigenvalue weighted by Crippen LogP contribution is 2.25. The van der Waals surface area contributed by atoms with Crippen LogP contribution in [0.1, 0.15) is 58.5 Å². The van der Waals surface area contributed by atoms with Crippen molar-refractivity contribution in [3.05, 3.63) is 101 Å². The molecule has 2 aliphatic heterocycles. The fourth-order valence-electron chi connectivity index (χ4n) is 5.39. The highest BCUT2D eigenvalue weighted by molar-refractivity contribution is 5.97. The van der Waals surface area contributed by atoms with Gasteiger partial charge in [-0.2, -0.15) is 0 Å². The second kappa shape index (κ2) is 12.8. The molecule has 0 N–H and O–H groups in total. The van der Waals surface area contributed by atoms with Crippen LogP contribution >= 0.6 is 0 Å². The van der Waals surface area contributed by atoms with E-state index in [1.54, 1.807) is 41.3 Å². The molecule has 2 aliphatic rings. The number of likely N-dealkylation sites (tertiary alicyclic amines) is 2. The molecule has 40 heavy (non-hydrogen) atoms. The third-order valence-electron chi connectivity index (χ3n) is 7.80. The van der Waals surface area contributed by atoms with Crippen LogP contribution in [-0.4, -0.2) is 58.8 Å². The van der Waals surface area contributed by atoms with Crippen molar-refractivity contribution < 1.29 is 18.7 Å². The zero-order chi connectivity index (χ0) is 27.9. The number of halogens is 1. The van der Waals surface area contributed by atoms with E-state index in [1.807, 2.05) is 12.1 Å². The number of hydrogen-bond donors (Lipinski definition) is 0. The van der Waals surface area contributed by atoms with Crippen LogP contribution in [0.5, 0.6) is 5.75 Å². The Hall–Kier alpha value is -4.09. The van der Waals surface area contributed by atoms with Crippen LogP contribution < -0.4 is 4.74 Å². The van der Waals surface area contributed by atoms with Gasteiger partial charge in [0.25, 0.3) is 5.91 Å². The molecule has 7 nitrogen and oxygen atoms in total. The number of piperidine rings is 2. The highest BCUT2D eigenvalue weighted by atomic mass is 19.1. The second-order valence-electron chi connectivity index (χ2n) is 10.6. The molecule has 206 valence electrons. The number of amides is 1. The molecule has 5 rings (SSSR count). The van der Waals surface area contributed by atoms with Crippen LogP contribution in [0.4, 0.5) is 10.1 Å². The van der Waals surface area contributed by atoms with Crippen molar-refractivity contribution in [1.82, 2.24) is 14.8 Å². The largest absolute Gasteiger partial charge is 0.490 e. The average Bonchev–Trinajstić information content (AvgIpc) is 3.00. The van der Waals surface area contributed by atoms with E-state index in [0.717, 1.165) is 56.6 Å². The van der Waals surface area contributed by atoms with Crippen LogP contribution in [0.15, 0.2) is 66.9 Å². The van der Waals surface area contributed by atoms with Gasteiger partial charge in [0, 0.05) is 50.7 Å². The standard InChI is InChI=1S/C32H33FN4O3/c1-34-27-7-9-28(10-8-27)40-29-14-18-37(19-15-29)32(39)30-11-4-25(21-35-30)31(38)20-23-12-16-36(17-13-23)22-24-2-5-26(33)6-3-24/h2-11,21,23,29H,12-20,22H2. The van der Waals surface area contributed by atoms with Crippen molar-refractivity contribution in [2.75, 3.05) is 26.2 Å². The van der Waals surface area contributed by atoms with Crippen molar-refractivity contribution in [2.24, 2.45) is 5.92 Å². The zero-order valence-corrected chi connectivity index (χ0v) is 22.5. The summed E-state index contributed by atoms with van der Waals surface area (Å²) in [7, 11) is 0. The normalized spacial score (nSPS) is 16.9. The first-order chi connectivity index (χ1) is 19.5. The number of benzene rings is 2. The van der Waals surface area contributed by atoms with E-state index in [4.69, 9.17) is 11.3 Å². The second-order valence-corrected chi connectivity index (χ2v) is 10.6. The Labute approximate surface area is 234 Å². The number of aromatic nitrogens is 1. The minimum atomic E-state index is -0.222. The summed E-state index contributed by atoms with van der Waals surface area (Å²) in [6.07, 6.45) is 5.36. The maximum absolute atomic E-state index is 13.1. The Morgan fingerprint density at radius 2 is 1.62 bits per heavy atom. The van der Waals surface area contributed by atoms with Gasteiger partial charge in [-0.05, 0) is 73.8 Å². The van der Waals surface area contributed by atoms with Crippen LogP contribution in [0.3, 0.4) is 0 Å². The quantitative estimate of drug-likeness (QED) is 0.261. The van der Waals surface area contributed by atoms with Crippen LogP contribution in [0, 0.1) is 18.3 Å². The Bertz CT molecular complexity index is 1340. The lowest BCUT2D eigenvalue weighted by Crippen LogP contribution is -2.42. The number of rotatable bonds is 8. The SMILES string of the molecule is [C-]#[N+]c1ccc(OC2CCN(C(=O)c3ccc(C(=O)CC4CCN(Cc5ccc(F)cc5)CC4)cn3)CC2)cc1. The highest BCUT2D eigenvalue weighted by Gasteiger charge is 2.26. The van der Waals surface area contributed by atoms with Crippen molar-refractivity contribution >= 4 is 17.4 Å². The molecule has 2 fully saturated rings. The number of nitrogens with zero attached hydrogens (tertiary/aromatic N) is 4. The molecule has 0 aliphatic carbocycles. The third-order valence-corrected chi connectivity index (χ3v) is 7.80. The van der Waals surface area contributed by atoms with E-state index in [9.17, 15) is 14.0 Å². The molecule has 2 aromatic carbocycles. The van der Waals surface area contributed by atoms with Crippen LogP contribution in [0.2, 0.25) is 0 Å². The minimum Gasteiger partial charge on any atom is -0.490 e. The van der Waals surface area contributed by atoms with E-state index in [2.05, 4.69) is 14.7 Å². The summed E-state index contributed by atoms with van der Waals surface area (Å²) in [5.41, 5.74) is 2.56. The molecule has 0 radical (unpaired) electrons. The Kier molecular flexibility index (Phi) is 8.82. The molecule has 0 spiro atoms. The van der Waals surface area contributed by atoms with E-state index in [-0.39, 0.29) is 23.6 Å². The Morgan fingerprint density at radius 1 is 0.925 bits per heavy atom. The summed E-state index contributed by atoms with van der Waals surface area (Å²) in [4.78, 5) is 37.8. The molecule has 1 amide bonds. The molecule has 2 saturated heterocycles. The van der Waals surface area contributed by atoms with Gasteiger partial charge in [-0.25, -0.2) is 9.24 Å². The van der Waals surface area contributed by atoms with Gasteiger partial charge in [0.1, 0.15) is 23.4 Å². The van der Waals surface area contributed by atoms with Gasteiger partial charge in [0.05, 0.1) is 6.57 Å². The Balaban J connectivity index is 1.05. The molecule has 3 heterocycles. The summed E-state index contributed by atoms with van der Waals surface area (Å²) in [6.45, 7) is 10.8. The molecule has 0 unspecified atom stereocenters. The van der Waals surface area contributed by atoms with E-state index < -0.39 is 0 Å². The topological polar surface area (TPSA) is 67.1 Å². The zero-order valence-electron chi connectivity index (χ0n) is 22.5. The van der Waals surface area contributed by atoms with Crippen molar-refractivity contribution in [2.45, 2.75) is 44.8 Å². The van der Waals surface area contributed by atoms with Gasteiger partial charge in [-0.3, -0.25) is 19.5 Å². The lowest BCUT2D eigenvalue weighted by molar-refractivity contribution is 0.0589. The first kappa shape index (κ1) is 27.5. The molecule has 0 saturated carbocycles. The maximum atomic E-state index is 13.1. The monoisotopic (exact) mass is 540 g/mol. The predicted molar refractivity (Wildman–Crippen MR) is 150 cm³/mol. The lowest BCUT2D eigenvalue weighted by atomic mass is 9.90. The molecule has 8 heteroatoms. The van der Waals surface area contributed by atoms with Gasteiger partial charge in [0.2, 0.25) is 0 Å². The summed E-state index contributed by atoms with van der Waals surface area (Å²) in [5, 5.41) is 0. The number of carbonyl (C=O) groups is 2. The van der Waals surface area contributed by atoms with Gasteiger partial charge in [-0.15, -0.1) is 0 Å². The van der Waals surface area contributed by atoms with Gasteiger partial charge in [-0.1, -0.05) is 24.3 Å². The molecular formula is C32H33FN4O3.